The molecular formula is C22H32IN7O. The minimum absolute atomic E-state index is 0. The zero-order valence-electron chi connectivity index (χ0n) is 18.3. The van der Waals surface area contributed by atoms with Crippen LogP contribution in [0.4, 0.5) is 5.95 Å². The zero-order valence-corrected chi connectivity index (χ0v) is 20.6. The van der Waals surface area contributed by atoms with Gasteiger partial charge in [0.25, 0.3) is 5.91 Å². The summed E-state index contributed by atoms with van der Waals surface area (Å²) in [6.07, 6.45) is 4.47. The molecule has 1 aromatic heterocycles. The number of benzene rings is 1. The fourth-order valence-electron chi connectivity index (χ4n) is 3.32. The van der Waals surface area contributed by atoms with Crippen LogP contribution in [0.15, 0.2) is 47.7 Å². The number of anilines is 1. The number of nitrogens with one attached hydrogen (secondary N) is 2. The molecule has 0 aliphatic carbocycles. The molecule has 1 aliphatic heterocycles. The summed E-state index contributed by atoms with van der Waals surface area (Å²) in [5.41, 5.74) is 1.70. The largest absolute Gasteiger partial charge is 0.357 e. The molecule has 0 atom stereocenters. The van der Waals surface area contributed by atoms with E-state index in [9.17, 15) is 4.79 Å². The van der Waals surface area contributed by atoms with Gasteiger partial charge in [-0.3, -0.25) is 4.79 Å². The van der Waals surface area contributed by atoms with E-state index in [2.05, 4.69) is 37.3 Å². The fourth-order valence-corrected chi connectivity index (χ4v) is 3.32. The van der Waals surface area contributed by atoms with E-state index >= 15 is 0 Å². The molecule has 0 radical (unpaired) electrons. The highest BCUT2D eigenvalue weighted by atomic mass is 127. The predicted octanol–water partition coefficient (Wildman–Crippen LogP) is 2.52. The van der Waals surface area contributed by atoms with Crippen molar-refractivity contribution in [1.82, 2.24) is 25.5 Å². The van der Waals surface area contributed by atoms with Crippen molar-refractivity contribution in [3.63, 3.8) is 0 Å². The Hall–Kier alpha value is -2.43. The number of hydrogen-bond acceptors (Lipinski definition) is 5. The number of piperazine rings is 1. The molecule has 0 saturated carbocycles. The molecule has 1 aliphatic rings. The number of carbonyl (C=O) groups excluding carboxylic acids is 1. The van der Waals surface area contributed by atoms with E-state index in [4.69, 9.17) is 4.99 Å². The first-order valence-electron chi connectivity index (χ1n) is 10.6. The van der Waals surface area contributed by atoms with Crippen LogP contribution in [0, 0.1) is 0 Å². The quantitative estimate of drug-likeness (QED) is 0.321. The molecular weight excluding hydrogens is 505 g/mol. The van der Waals surface area contributed by atoms with Gasteiger partial charge in [-0.05, 0) is 37.1 Å². The minimum Gasteiger partial charge on any atom is -0.357 e. The van der Waals surface area contributed by atoms with Gasteiger partial charge in [-0.25, -0.2) is 15.0 Å². The van der Waals surface area contributed by atoms with E-state index in [0.29, 0.717) is 18.7 Å². The highest BCUT2D eigenvalue weighted by Gasteiger charge is 2.21. The summed E-state index contributed by atoms with van der Waals surface area (Å²) in [4.78, 5) is 30.2. The van der Waals surface area contributed by atoms with Crippen molar-refractivity contribution in [2.75, 3.05) is 44.2 Å². The Bertz CT molecular complexity index is 839. The van der Waals surface area contributed by atoms with E-state index in [1.54, 1.807) is 12.4 Å². The lowest BCUT2D eigenvalue weighted by molar-refractivity contribution is 0.0953. The SMILES string of the molecule is CCCNC(=O)c1cccc(CN=C(NCC)N2CCN(c3ncccn3)CC2)c1.I. The standard InChI is InChI=1S/C22H31N7O.HI/c1-3-9-24-20(30)19-8-5-7-18(16-19)17-27-21(23-4-2)28-12-14-29(15-13-28)22-25-10-6-11-26-22;/h5-8,10-11,16H,3-4,9,12-15,17H2,1-2H3,(H,23,27)(H,24,30);1H. The second kappa shape index (κ2) is 13.1. The molecule has 1 saturated heterocycles. The Balaban J connectivity index is 0.00000341. The molecule has 1 amide bonds. The summed E-state index contributed by atoms with van der Waals surface area (Å²) in [7, 11) is 0. The topological polar surface area (TPSA) is 85.8 Å². The van der Waals surface area contributed by atoms with E-state index in [1.165, 1.54) is 0 Å². The van der Waals surface area contributed by atoms with Crippen molar-refractivity contribution in [2.24, 2.45) is 4.99 Å². The van der Waals surface area contributed by atoms with Crippen LogP contribution in [-0.4, -0.2) is 66.0 Å². The molecule has 0 bridgehead atoms. The molecule has 2 aromatic rings. The van der Waals surface area contributed by atoms with Crippen molar-refractivity contribution in [2.45, 2.75) is 26.8 Å². The van der Waals surface area contributed by atoms with Crippen LogP contribution in [-0.2, 0) is 6.54 Å². The summed E-state index contributed by atoms with van der Waals surface area (Å²) < 4.78 is 0. The van der Waals surface area contributed by atoms with Crippen LogP contribution in [0.25, 0.3) is 0 Å². The number of hydrogen-bond donors (Lipinski definition) is 2. The van der Waals surface area contributed by atoms with Gasteiger partial charge in [0.05, 0.1) is 6.54 Å². The lowest BCUT2D eigenvalue weighted by atomic mass is 10.1. The number of nitrogens with zero attached hydrogens (tertiary/aromatic N) is 5. The number of aromatic nitrogens is 2. The second-order valence-electron chi connectivity index (χ2n) is 7.15. The van der Waals surface area contributed by atoms with Crippen molar-refractivity contribution in [3.05, 3.63) is 53.9 Å². The summed E-state index contributed by atoms with van der Waals surface area (Å²) in [5.74, 6) is 1.64. The maximum atomic E-state index is 12.2. The van der Waals surface area contributed by atoms with Crippen molar-refractivity contribution < 1.29 is 4.79 Å². The highest BCUT2D eigenvalue weighted by molar-refractivity contribution is 14.0. The molecule has 8 nitrogen and oxygen atoms in total. The second-order valence-corrected chi connectivity index (χ2v) is 7.15. The number of rotatable bonds is 7. The van der Waals surface area contributed by atoms with E-state index < -0.39 is 0 Å². The molecule has 0 unspecified atom stereocenters. The lowest BCUT2D eigenvalue weighted by Crippen LogP contribution is -2.52. The van der Waals surface area contributed by atoms with Crippen LogP contribution in [0.1, 0.15) is 36.2 Å². The Morgan fingerprint density at radius 3 is 2.48 bits per heavy atom. The number of amides is 1. The van der Waals surface area contributed by atoms with Crippen LogP contribution in [0.5, 0.6) is 0 Å². The highest BCUT2D eigenvalue weighted by Crippen LogP contribution is 2.11. The van der Waals surface area contributed by atoms with Gasteiger partial charge in [0.2, 0.25) is 5.95 Å². The minimum atomic E-state index is -0.0335. The number of halogens is 1. The van der Waals surface area contributed by atoms with Gasteiger partial charge in [-0.15, -0.1) is 24.0 Å². The molecule has 2 heterocycles. The van der Waals surface area contributed by atoms with E-state index in [0.717, 1.165) is 56.6 Å². The molecule has 3 rings (SSSR count). The molecule has 9 heteroatoms. The van der Waals surface area contributed by atoms with Crippen molar-refractivity contribution >= 4 is 41.8 Å². The summed E-state index contributed by atoms with van der Waals surface area (Å²) in [6.45, 7) is 9.53. The average Bonchev–Trinajstić information content (AvgIpc) is 2.81. The van der Waals surface area contributed by atoms with Gasteiger partial charge in [-0.1, -0.05) is 19.1 Å². The number of aliphatic imine (C=N–C) groups is 1. The fraction of sp³-hybridized carbons (Fsp3) is 0.455. The zero-order chi connectivity index (χ0) is 21.2. The molecule has 1 aromatic carbocycles. The van der Waals surface area contributed by atoms with E-state index in [1.807, 2.05) is 37.3 Å². The van der Waals surface area contributed by atoms with Crippen LogP contribution < -0.4 is 15.5 Å². The maximum absolute atomic E-state index is 12.2. The summed E-state index contributed by atoms with van der Waals surface area (Å²) in [6, 6.07) is 9.51. The Morgan fingerprint density at radius 1 is 1.06 bits per heavy atom. The van der Waals surface area contributed by atoms with Crippen LogP contribution >= 0.6 is 24.0 Å². The Morgan fingerprint density at radius 2 is 1.81 bits per heavy atom. The first-order chi connectivity index (χ1) is 14.7. The summed E-state index contributed by atoms with van der Waals surface area (Å²) >= 11 is 0. The summed E-state index contributed by atoms with van der Waals surface area (Å²) in [5, 5.41) is 6.31. The first-order valence-corrected chi connectivity index (χ1v) is 10.6. The van der Waals surface area contributed by atoms with Gasteiger partial charge >= 0.3 is 0 Å². The smallest absolute Gasteiger partial charge is 0.251 e. The van der Waals surface area contributed by atoms with Gasteiger partial charge in [-0.2, -0.15) is 0 Å². The molecule has 1 fully saturated rings. The third-order valence-electron chi connectivity index (χ3n) is 4.89. The molecule has 168 valence electrons. The normalized spacial score (nSPS) is 14.1. The molecule has 0 spiro atoms. The van der Waals surface area contributed by atoms with Crippen LogP contribution in [0.3, 0.4) is 0 Å². The average molecular weight is 537 g/mol. The van der Waals surface area contributed by atoms with Gasteiger partial charge in [0.1, 0.15) is 0 Å². The number of guanidine groups is 1. The predicted molar refractivity (Wildman–Crippen MR) is 135 cm³/mol. The first kappa shape index (κ1) is 24.8. The third kappa shape index (κ3) is 7.34. The van der Waals surface area contributed by atoms with Crippen molar-refractivity contribution in [1.29, 1.82) is 0 Å². The van der Waals surface area contributed by atoms with Crippen molar-refractivity contribution in [3.8, 4) is 0 Å². The molecule has 31 heavy (non-hydrogen) atoms. The number of carbonyl (C=O) groups is 1. The molecule has 2 N–H and O–H groups in total. The maximum Gasteiger partial charge on any atom is 0.251 e. The van der Waals surface area contributed by atoms with E-state index in [-0.39, 0.29) is 29.9 Å². The monoisotopic (exact) mass is 537 g/mol. The third-order valence-corrected chi connectivity index (χ3v) is 4.89. The van der Waals surface area contributed by atoms with Crippen LogP contribution in [0.2, 0.25) is 0 Å². The Kier molecular flexibility index (Phi) is 10.5. The van der Waals surface area contributed by atoms with Gasteiger partial charge in [0.15, 0.2) is 5.96 Å². The lowest BCUT2D eigenvalue weighted by Gasteiger charge is -2.36. The van der Waals surface area contributed by atoms with Gasteiger partial charge in [0, 0.05) is 57.2 Å². The Labute approximate surface area is 201 Å². The van der Waals surface area contributed by atoms with Gasteiger partial charge < -0.3 is 20.4 Å².